The van der Waals surface area contributed by atoms with Gasteiger partial charge in [0, 0.05) is 6.92 Å². The van der Waals surface area contributed by atoms with Gasteiger partial charge in [-0.15, -0.1) is 0 Å². The summed E-state index contributed by atoms with van der Waals surface area (Å²) in [5.41, 5.74) is 0. The summed E-state index contributed by atoms with van der Waals surface area (Å²) >= 11 is 0. The van der Waals surface area contributed by atoms with Crippen LogP contribution in [0.4, 0.5) is 0 Å². The fourth-order valence-corrected chi connectivity index (χ4v) is 6.81. The molecule has 13 heteroatoms. The van der Waals surface area contributed by atoms with E-state index in [9.17, 15) is 24.9 Å². The van der Waals surface area contributed by atoms with Gasteiger partial charge >= 0.3 is 14.5 Å². The second kappa shape index (κ2) is 11.1. The van der Waals surface area contributed by atoms with E-state index in [1.54, 1.807) is 13.8 Å². The van der Waals surface area contributed by atoms with Crippen molar-refractivity contribution < 1.29 is 52.7 Å². The number of aliphatic hydroxyl groups excluding tert-OH is 2. The Bertz CT molecular complexity index is 766. The van der Waals surface area contributed by atoms with E-state index in [2.05, 4.69) is 5.32 Å². The summed E-state index contributed by atoms with van der Waals surface area (Å²) in [5, 5.41) is 33.3. The van der Waals surface area contributed by atoms with Crippen LogP contribution >= 0.6 is 0 Å². The molecule has 3 aliphatic heterocycles. The molecule has 3 rings (SSSR count). The summed E-state index contributed by atoms with van der Waals surface area (Å²) in [6.45, 7) is 11.8. The van der Waals surface area contributed by atoms with Gasteiger partial charge in [0.2, 0.25) is 5.91 Å². The van der Waals surface area contributed by atoms with Gasteiger partial charge in [0.1, 0.15) is 42.7 Å². The average molecular weight is 522 g/mol. The maximum absolute atomic E-state index is 12.3. The molecule has 1 amide bonds. The number of aliphatic carboxylic acids is 1. The Kier molecular flexibility index (Phi) is 8.98. The Balaban J connectivity index is 1.97. The number of fused-ring (bicyclic) bond motifs is 1. The molecule has 12 nitrogen and oxygen atoms in total. The minimum Gasteiger partial charge on any atom is -0.479 e. The highest BCUT2D eigenvalue weighted by molar-refractivity contribution is 6.65. The first-order chi connectivity index (χ1) is 16.3. The minimum atomic E-state index is -2.61. The van der Waals surface area contributed by atoms with Gasteiger partial charge in [-0.3, -0.25) is 4.79 Å². The fraction of sp³-hybridized carbons (Fsp3) is 0.909. The topological polar surface area (TPSA) is 162 Å². The number of ether oxygens (including phenoxy) is 4. The summed E-state index contributed by atoms with van der Waals surface area (Å²) in [7, 11) is -2.61. The fourth-order valence-electron chi connectivity index (χ4n) is 4.91. The van der Waals surface area contributed by atoms with E-state index in [1.165, 1.54) is 6.92 Å². The first-order valence-corrected chi connectivity index (χ1v) is 14.8. The second-order valence-corrected chi connectivity index (χ2v) is 13.6. The third-order valence-corrected chi connectivity index (χ3v) is 7.94. The maximum atomic E-state index is 12.3. The van der Waals surface area contributed by atoms with Crippen molar-refractivity contribution in [3.8, 4) is 0 Å². The Labute approximate surface area is 206 Å². The Morgan fingerprint density at radius 2 is 1.69 bits per heavy atom. The van der Waals surface area contributed by atoms with Crippen molar-refractivity contribution in [1.82, 2.24) is 5.32 Å². The lowest BCUT2D eigenvalue weighted by atomic mass is 9.89. The largest absolute Gasteiger partial charge is 0.479 e. The molecular formula is C22H39NO11Si. The van der Waals surface area contributed by atoms with Crippen molar-refractivity contribution >= 4 is 20.4 Å². The molecule has 10 atom stereocenters. The SMILES string of the molecule is CC(=O)NC1C(OC2C(C(=O)O)OC(C(C)C)C3O[Si](C)(C)OC23)OC(CO)C(O)C1OC(C)C. The molecule has 0 saturated carbocycles. The molecule has 0 aromatic rings. The van der Waals surface area contributed by atoms with Gasteiger partial charge in [-0.1, -0.05) is 13.8 Å². The maximum Gasteiger partial charge on any atom is 0.335 e. The van der Waals surface area contributed by atoms with Gasteiger partial charge in [0.05, 0.1) is 18.8 Å². The van der Waals surface area contributed by atoms with E-state index in [1.807, 2.05) is 26.9 Å². The van der Waals surface area contributed by atoms with E-state index in [4.69, 9.17) is 27.8 Å². The van der Waals surface area contributed by atoms with Gasteiger partial charge in [0.25, 0.3) is 0 Å². The van der Waals surface area contributed by atoms with Crippen LogP contribution < -0.4 is 5.32 Å². The quantitative estimate of drug-likeness (QED) is 0.311. The zero-order valence-electron chi connectivity index (χ0n) is 21.2. The van der Waals surface area contributed by atoms with Crippen LogP contribution in [0.5, 0.6) is 0 Å². The van der Waals surface area contributed by atoms with E-state index in [0.717, 1.165) is 0 Å². The molecule has 0 aliphatic carbocycles. The number of carboxylic acids is 1. The summed E-state index contributed by atoms with van der Waals surface area (Å²) in [6, 6.07) is -1.00. The van der Waals surface area contributed by atoms with Crippen molar-refractivity contribution in [2.45, 2.75) is 115 Å². The van der Waals surface area contributed by atoms with Gasteiger partial charge in [0.15, 0.2) is 12.4 Å². The number of rotatable bonds is 8. The van der Waals surface area contributed by atoms with Crippen LogP contribution in [0.25, 0.3) is 0 Å². The van der Waals surface area contributed by atoms with Gasteiger partial charge in [-0.25, -0.2) is 4.79 Å². The highest BCUT2D eigenvalue weighted by Crippen LogP contribution is 2.40. The zero-order valence-corrected chi connectivity index (χ0v) is 22.2. The summed E-state index contributed by atoms with van der Waals surface area (Å²) in [4.78, 5) is 24.3. The van der Waals surface area contributed by atoms with Crippen molar-refractivity contribution in [3.05, 3.63) is 0 Å². The predicted molar refractivity (Wildman–Crippen MR) is 123 cm³/mol. The third kappa shape index (κ3) is 6.22. The molecule has 35 heavy (non-hydrogen) atoms. The lowest BCUT2D eigenvalue weighted by molar-refractivity contribution is -0.317. The van der Waals surface area contributed by atoms with Gasteiger partial charge in [-0.05, 0) is 32.9 Å². The molecular weight excluding hydrogens is 482 g/mol. The summed E-state index contributed by atoms with van der Waals surface area (Å²) < 4.78 is 36.3. The highest BCUT2D eigenvalue weighted by Gasteiger charge is 2.60. The molecule has 4 N–H and O–H groups in total. The van der Waals surface area contributed by atoms with Gasteiger partial charge < -0.3 is 48.4 Å². The molecule has 3 saturated heterocycles. The molecule has 10 unspecified atom stereocenters. The first kappa shape index (κ1) is 28.4. The highest BCUT2D eigenvalue weighted by atomic mass is 28.4. The second-order valence-electron chi connectivity index (χ2n) is 10.4. The molecule has 202 valence electrons. The van der Waals surface area contributed by atoms with E-state index in [-0.39, 0.29) is 12.0 Å². The number of hydrogen-bond acceptors (Lipinski definition) is 10. The van der Waals surface area contributed by atoms with Crippen molar-refractivity contribution in [3.63, 3.8) is 0 Å². The Morgan fingerprint density at radius 3 is 2.20 bits per heavy atom. The van der Waals surface area contributed by atoms with Gasteiger partial charge in [-0.2, -0.15) is 0 Å². The molecule has 0 radical (unpaired) electrons. The van der Waals surface area contributed by atoms with Crippen molar-refractivity contribution in [2.24, 2.45) is 5.92 Å². The number of carboxylic acid groups (broad SMARTS) is 1. The van der Waals surface area contributed by atoms with Crippen LogP contribution in [0.15, 0.2) is 0 Å². The smallest absolute Gasteiger partial charge is 0.335 e. The van der Waals surface area contributed by atoms with Crippen LogP contribution in [0.1, 0.15) is 34.6 Å². The van der Waals surface area contributed by atoms with Crippen LogP contribution in [0.3, 0.4) is 0 Å². The Morgan fingerprint density at radius 1 is 1.06 bits per heavy atom. The summed E-state index contributed by atoms with van der Waals surface area (Å²) in [5.74, 6) is -1.72. The summed E-state index contributed by atoms with van der Waals surface area (Å²) in [6.07, 6.45) is -9.36. The normalized spacial score (nSPS) is 41.1. The van der Waals surface area contributed by atoms with Crippen LogP contribution in [0, 0.1) is 5.92 Å². The Hall–Kier alpha value is -1.16. The van der Waals surface area contributed by atoms with Crippen molar-refractivity contribution in [2.75, 3.05) is 6.61 Å². The van der Waals surface area contributed by atoms with E-state index >= 15 is 0 Å². The van der Waals surface area contributed by atoms with Crippen LogP contribution in [-0.4, -0.2) is 110 Å². The molecule has 0 aromatic heterocycles. The number of nitrogens with one attached hydrogen (secondary N) is 1. The molecule has 0 spiro atoms. The first-order valence-electron chi connectivity index (χ1n) is 12.0. The molecule has 0 aromatic carbocycles. The lowest BCUT2D eigenvalue weighted by Crippen LogP contribution is -2.68. The molecule has 3 aliphatic rings. The van der Waals surface area contributed by atoms with E-state index in [0.29, 0.717) is 0 Å². The van der Waals surface area contributed by atoms with Crippen LogP contribution in [0.2, 0.25) is 13.1 Å². The number of carbonyl (C=O) groups is 2. The van der Waals surface area contributed by atoms with Crippen molar-refractivity contribution in [1.29, 1.82) is 0 Å². The number of aliphatic hydroxyl groups is 2. The molecule has 0 bridgehead atoms. The number of hydrogen-bond donors (Lipinski definition) is 4. The van der Waals surface area contributed by atoms with Crippen LogP contribution in [-0.2, 0) is 37.4 Å². The zero-order chi connectivity index (χ0) is 26.2. The standard InChI is InChI=1S/C22H39NO11Si/c1-9(2)15-18-19(34-35(6,7)33-18)17(20(31-15)21(27)28)32-22-13(23-11(5)25)16(29-10(3)4)14(26)12(8-24)30-22/h9-10,12-20,22,24,26H,8H2,1-7H3,(H,23,25)(H,27,28). The predicted octanol–water partition coefficient (Wildman–Crippen LogP) is -0.258. The average Bonchev–Trinajstić information content (AvgIpc) is 3.06. The lowest BCUT2D eigenvalue weighted by Gasteiger charge is -2.48. The monoisotopic (exact) mass is 521 g/mol. The molecule has 3 fully saturated rings. The number of carbonyl (C=O) groups excluding carboxylic acids is 1. The van der Waals surface area contributed by atoms with E-state index < -0.39 is 88.2 Å². The number of amides is 1. The minimum absolute atomic E-state index is 0.0485. The molecule has 3 heterocycles. The third-order valence-electron chi connectivity index (χ3n) is 6.26.